The Hall–Kier alpha value is -3.99. The normalized spacial score (nSPS) is 11.5. The van der Waals surface area contributed by atoms with Crippen LogP contribution in [0.3, 0.4) is 0 Å². The molecular weight excluding hydrogens is 400 g/mol. The second-order valence-electron chi connectivity index (χ2n) is 8.10. The van der Waals surface area contributed by atoms with E-state index in [1.807, 2.05) is 36.4 Å². The highest BCUT2D eigenvalue weighted by Crippen LogP contribution is 2.42. The third-order valence-corrected chi connectivity index (χ3v) is 6.04. The summed E-state index contributed by atoms with van der Waals surface area (Å²) in [7, 11) is 0. The number of aryl methyl sites for hydroxylation is 2. The maximum atomic E-state index is 10.9. The van der Waals surface area contributed by atoms with Crippen molar-refractivity contribution in [2.75, 3.05) is 6.61 Å². The number of nitrogens with one attached hydrogen (secondary N) is 2. The SMILES string of the molecule is Cc1[nH]c2ccccc2c1C(c1ccc(OCC(=O)O)cc1)c1c(C)[nH]c2ccccc12. The first kappa shape index (κ1) is 19.9. The number of carboxylic acid groups (broad SMARTS) is 1. The monoisotopic (exact) mass is 424 g/mol. The van der Waals surface area contributed by atoms with Crippen LogP contribution < -0.4 is 4.74 Å². The Bertz CT molecular complexity index is 1350. The molecular formula is C27H24N2O3. The van der Waals surface area contributed by atoms with Crippen LogP contribution in [0.4, 0.5) is 0 Å². The molecule has 0 unspecified atom stereocenters. The molecule has 5 nitrogen and oxygen atoms in total. The molecule has 0 aliphatic carbocycles. The van der Waals surface area contributed by atoms with E-state index in [2.05, 4.69) is 60.2 Å². The summed E-state index contributed by atoms with van der Waals surface area (Å²) in [5.41, 5.74) is 8.10. The quantitative estimate of drug-likeness (QED) is 0.317. The van der Waals surface area contributed by atoms with Gasteiger partial charge in [0.05, 0.1) is 0 Å². The number of hydrogen-bond acceptors (Lipinski definition) is 2. The number of ether oxygens (including phenoxy) is 1. The lowest BCUT2D eigenvalue weighted by Gasteiger charge is -2.20. The van der Waals surface area contributed by atoms with Crippen molar-refractivity contribution in [1.82, 2.24) is 9.97 Å². The van der Waals surface area contributed by atoms with Crippen molar-refractivity contribution >= 4 is 27.8 Å². The van der Waals surface area contributed by atoms with Gasteiger partial charge in [-0.05, 0) is 54.8 Å². The number of carbonyl (C=O) groups is 1. The van der Waals surface area contributed by atoms with Crippen LogP contribution in [-0.2, 0) is 4.79 Å². The molecule has 0 saturated carbocycles. The van der Waals surface area contributed by atoms with Crippen LogP contribution in [0.5, 0.6) is 5.75 Å². The first-order valence-electron chi connectivity index (χ1n) is 10.6. The summed E-state index contributed by atoms with van der Waals surface area (Å²) in [5.74, 6) is -0.451. The predicted molar refractivity (Wildman–Crippen MR) is 127 cm³/mol. The molecule has 0 bridgehead atoms. The second kappa shape index (κ2) is 7.93. The zero-order valence-electron chi connectivity index (χ0n) is 18.0. The second-order valence-corrected chi connectivity index (χ2v) is 8.10. The maximum absolute atomic E-state index is 10.9. The number of hydrogen-bond donors (Lipinski definition) is 3. The van der Waals surface area contributed by atoms with Gasteiger partial charge in [0, 0.05) is 39.1 Å². The number of benzene rings is 3. The fourth-order valence-electron chi connectivity index (χ4n) is 4.72. The number of aromatic amines is 2. The molecule has 0 spiro atoms. The van der Waals surface area contributed by atoms with E-state index in [0.717, 1.165) is 28.0 Å². The highest BCUT2D eigenvalue weighted by molar-refractivity contribution is 5.90. The van der Waals surface area contributed by atoms with Crippen LogP contribution in [0.1, 0.15) is 34.0 Å². The summed E-state index contributed by atoms with van der Waals surface area (Å²) in [6, 6.07) is 24.5. The van der Waals surface area contributed by atoms with Gasteiger partial charge in [-0.1, -0.05) is 48.5 Å². The van der Waals surface area contributed by atoms with Gasteiger partial charge in [-0.3, -0.25) is 0 Å². The van der Waals surface area contributed by atoms with E-state index in [0.29, 0.717) is 5.75 Å². The smallest absolute Gasteiger partial charge is 0.341 e. The van der Waals surface area contributed by atoms with Gasteiger partial charge < -0.3 is 19.8 Å². The standard InChI is InChI=1S/C27H24N2O3/c1-16-25(20-7-3-5-9-22(20)28-16)27(18-11-13-19(14-12-18)32-15-24(30)31)26-17(2)29-23-10-6-4-8-21(23)26/h3-14,27-29H,15H2,1-2H3,(H,30,31). The number of H-pyrrole nitrogens is 2. The number of para-hydroxylation sites is 2. The van der Waals surface area contributed by atoms with E-state index in [-0.39, 0.29) is 12.5 Å². The molecule has 0 amide bonds. The summed E-state index contributed by atoms with van der Waals surface area (Å²) >= 11 is 0. The predicted octanol–water partition coefficient (Wildman–Crippen LogP) is 5.91. The maximum Gasteiger partial charge on any atom is 0.341 e. The van der Waals surface area contributed by atoms with E-state index in [1.54, 1.807) is 0 Å². The van der Waals surface area contributed by atoms with Gasteiger partial charge in [-0.15, -0.1) is 0 Å². The zero-order valence-corrected chi connectivity index (χ0v) is 18.0. The third-order valence-electron chi connectivity index (χ3n) is 6.04. The number of aromatic nitrogens is 2. The Morgan fingerprint density at radius 3 is 1.81 bits per heavy atom. The average molecular weight is 425 g/mol. The topological polar surface area (TPSA) is 78.1 Å². The lowest BCUT2D eigenvalue weighted by Crippen LogP contribution is -2.10. The van der Waals surface area contributed by atoms with Gasteiger partial charge in [-0.2, -0.15) is 0 Å². The minimum absolute atomic E-state index is 0.00387. The first-order valence-corrected chi connectivity index (χ1v) is 10.6. The van der Waals surface area contributed by atoms with E-state index < -0.39 is 5.97 Å². The number of carboxylic acids is 1. The first-order chi connectivity index (χ1) is 15.5. The van der Waals surface area contributed by atoms with Crippen molar-refractivity contribution in [2.45, 2.75) is 19.8 Å². The van der Waals surface area contributed by atoms with E-state index in [9.17, 15) is 4.79 Å². The van der Waals surface area contributed by atoms with Crippen LogP contribution in [0, 0.1) is 13.8 Å². The van der Waals surface area contributed by atoms with Crippen LogP contribution in [0.25, 0.3) is 21.8 Å². The van der Waals surface area contributed by atoms with Gasteiger partial charge in [0.15, 0.2) is 6.61 Å². The number of rotatable bonds is 6. The molecule has 3 aromatic carbocycles. The van der Waals surface area contributed by atoms with Gasteiger partial charge in [0.2, 0.25) is 0 Å². The van der Waals surface area contributed by atoms with Crippen LogP contribution >= 0.6 is 0 Å². The Morgan fingerprint density at radius 1 is 0.812 bits per heavy atom. The van der Waals surface area contributed by atoms with Crippen LogP contribution in [-0.4, -0.2) is 27.7 Å². The molecule has 32 heavy (non-hydrogen) atoms. The zero-order chi connectivity index (χ0) is 22.2. The summed E-state index contributed by atoms with van der Waals surface area (Å²) in [6.45, 7) is 3.89. The molecule has 2 heterocycles. The highest BCUT2D eigenvalue weighted by Gasteiger charge is 2.27. The lowest BCUT2D eigenvalue weighted by atomic mass is 9.82. The third kappa shape index (κ3) is 3.42. The summed E-state index contributed by atoms with van der Waals surface area (Å²) in [5, 5.41) is 11.3. The molecule has 0 fully saturated rings. The Labute approximate surface area is 185 Å². The molecule has 0 aliphatic rings. The van der Waals surface area contributed by atoms with Crippen molar-refractivity contribution in [3.05, 3.63) is 101 Å². The number of aliphatic carboxylic acids is 1. The summed E-state index contributed by atoms with van der Waals surface area (Å²) in [4.78, 5) is 18.0. The molecule has 5 rings (SSSR count). The lowest BCUT2D eigenvalue weighted by molar-refractivity contribution is -0.139. The van der Waals surface area contributed by atoms with E-state index in [4.69, 9.17) is 9.84 Å². The molecule has 0 radical (unpaired) electrons. The molecule has 5 aromatic rings. The largest absolute Gasteiger partial charge is 0.482 e. The Kier molecular flexibility index (Phi) is 4.94. The van der Waals surface area contributed by atoms with E-state index >= 15 is 0 Å². The van der Waals surface area contributed by atoms with Crippen molar-refractivity contribution in [3.8, 4) is 5.75 Å². The molecule has 0 atom stereocenters. The minimum Gasteiger partial charge on any atom is -0.482 e. The molecule has 160 valence electrons. The van der Waals surface area contributed by atoms with Crippen LogP contribution in [0.15, 0.2) is 72.8 Å². The molecule has 0 saturated heterocycles. The molecule has 2 aromatic heterocycles. The van der Waals surface area contributed by atoms with Gasteiger partial charge in [-0.25, -0.2) is 4.79 Å². The fraction of sp³-hybridized carbons (Fsp3) is 0.148. The van der Waals surface area contributed by atoms with Crippen molar-refractivity contribution in [1.29, 1.82) is 0 Å². The number of fused-ring (bicyclic) bond motifs is 2. The molecule has 5 heteroatoms. The van der Waals surface area contributed by atoms with E-state index in [1.165, 1.54) is 21.9 Å². The van der Waals surface area contributed by atoms with Crippen molar-refractivity contribution in [3.63, 3.8) is 0 Å². The Balaban J connectivity index is 1.72. The van der Waals surface area contributed by atoms with Gasteiger partial charge in [0.25, 0.3) is 0 Å². The molecule has 0 aliphatic heterocycles. The highest BCUT2D eigenvalue weighted by atomic mass is 16.5. The van der Waals surface area contributed by atoms with Crippen molar-refractivity contribution in [2.24, 2.45) is 0 Å². The Morgan fingerprint density at radius 2 is 1.31 bits per heavy atom. The van der Waals surface area contributed by atoms with Gasteiger partial charge in [0.1, 0.15) is 5.75 Å². The van der Waals surface area contributed by atoms with Crippen LogP contribution in [0.2, 0.25) is 0 Å². The minimum atomic E-state index is -0.990. The van der Waals surface area contributed by atoms with Gasteiger partial charge >= 0.3 is 5.97 Å². The molecule has 3 N–H and O–H groups in total. The fourth-order valence-corrected chi connectivity index (χ4v) is 4.72. The summed E-state index contributed by atoms with van der Waals surface area (Å²) < 4.78 is 5.36. The van der Waals surface area contributed by atoms with Crippen molar-refractivity contribution < 1.29 is 14.6 Å². The average Bonchev–Trinajstić information content (AvgIpc) is 3.30. The summed E-state index contributed by atoms with van der Waals surface area (Å²) in [6.07, 6.45) is 0.